The van der Waals surface area contributed by atoms with Crippen molar-refractivity contribution in [1.82, 2.24) is 0 Å². The number of carbonyl (C=O) groups excluding carboxylic acids is 1. The van der Waals surface area contributed by atoms with Crippen LogP contribution < -0.4 is 9.47 Å². The summed E-state index contributed by atoms with van der Waals surface area (Å²) in [5.74, 6) is 1.38. The molecule has 3 nitrogen and oxygen atoms in total. The Morgan fingerprint density at radius 1 is 0.714 bits per heavy atom. The number of alkyl halides is 2. The molecular weight excluding hydrogens is 484 g/mol. The van der Waals surface area contributed by atoms with E-state index in [0.717, 1.165) is 22.6 Å². The molecule has 0 N–H and O–H groups in total. The molecule has 0 heterocycles. The minimum Gasteiger partial charge on any atom is -0.491 e. The van der Waals surface area contributed by atoms with Crippen molar-refractivity contribution >= 4 is 37.6 Å². The maximum atomic E-state index is 13.3. The third-order valence-corrected chi connectivity index (χ3v) is 5.60. The molecule has 0 aliphatic rings. The second-order valence-electron chi connectivity index (χ2n) is 7.29. The Morgan fingerprint density at radius 2 is 1.04 bits per heavy atom. The lowest BCUT2D eigenvalue weighted by Gasteiger charge is -2.21. The van der Waals surface area contributed by atoms with Gasteiger partial charge in [-0.3, -0.25) is 4.79 Å². The molecule has 0 fully saturated rings. The average Bonchev–Trinajstić information content (AvgIpc) is 2.65. The Balaban J connectivity index is 2.19. The number of Topliss-reactive ketones (excluding diaryl/α,β-unsaturated/α-hetero) is 1. The summed E-state index contributed by atoms with van der Waals surface area (Å²) in [5, 5.41) is 1.16. The first-order valence-electron chi connectivity index (χ1n) is 9.54. The van der Waals surface area contributed by atoms with E-state index in [0.29, 0.717) is 10.7 Å². The molecule has 0 bridgehead atoms. The predicted octanol–water partition coefficient (Wildman–Crippen LogP) is 6.49. The van der Waals surface area contributed by atoms with Crippen molar-refractivity contribution < 1.29 is 14.3 Å². The number of halogens is 2. The molecule has 0 saturated carbocycles. The van der Waals surface area contributed by atoms with Gasteiger partial charge < -0.3 is 9.47 Å². The highest BCUT2D eigenvalue weighted by Gasteiger charge is 2.28. The number of ketones is 1. The summed E-state index contributed by atoms with van der Waals surface area (Å²) in [5.41, 5.74) is 1.98. The lowest BCUT2D eigenvalue weighted by Crippen LogP contribution is -2.23. The number of ether oxygens (including phenoxy) is 2. The van der Waals surface area contributed by atoms with Gasteiger partial charge in [0.1, 0.15) is 17.3 Å². The van der Waals surface area contributed by atoms with E-state index in [2.05, 4.69) is 31.9 Å². The smallest absolute Gasteiger partial charge is 0.149 e. The van der Waals surface area contributed by atoms with Crippen LogP contribution in [0.3, 0.4) is 0 Å². The van der Waals surface area contributed by atoms with E-state index < -0.39 is 0 Å². The Morgan fingerprint density at radius 3 is 1.29 bits per heavy atom. The molecule has 2 aromatic carbocycles. The van der Waals surface area contributed by atoms with Crippen LogP contribution in [0.4, 0.5) is 0 Å². The second-order valence-corrected chi connectivity index (χ2v) is 8.58. The zero-order valence-corrected chi connectivity index (χ0v) is 20.0. The van der Waals surface area contributed by atoms with Gasteiger partial charge in [0.2, 0.25) is 0 Å². The molecule has 0 aliphatic heterocycles. The summed E-state index contributed by atoms with van der Waals surface area (Å²) in [6.07, 6.45) is 0.250. The van der Waals surface area contributed by atoms with Crippen LogP contribution in [0.25, 0.3) is 0 Å². The fourth-order valence-electron chi connectivity index (χ4n) is 3.00. The van der Waals surface area contributed by atoms with E-state index in [4.69, 9.17) is 9.47 Å². The van der Waals surface area contributed by atoms with Crippen molar-refractivity contribution in [2.45, 2.75) is 51.7 Å². The Bertz CT molecular complexity index is 676. The normalized spacial score (nSPS) is 13.4. The number of rotatable bonds is 10. The van der Waals surface area contributed by atoms with Gasteiger partial charge in [0.05, 0.1) is 24.0 Å². The standard InChI is InChI=1S/C23H28Br2O3/c1-15(2)27-19-9-5-17(6-10-19)21(13-24)23(26)22(14-25)18-7-11-20(12-8-18)28-16(3)4/h5-12,15-16,21-22H,13-14H2,1-4H3. The molecular formula is C23H28Br2O3. The van der Waals surface area contributed by atoms with Gasteiger partial charge in [-0.25, -0.2) is 0 Å². The molecule has 0 radical (unpaired) electrons. The molecule has 28 heavy (non-hydrogen) atoms. The monoisotopic (exact) mass is 510 g/mol. The fourth-order valence-corrected chi connectivity index (χ4v) is 4.39. The Kier molecular flexibility index (Phi) is 9.03. The molecule has 2 unspecified atom stereocenters. The van der Waals surface area contributed by atoms with E-state index in [1.54, 1.807) is 0 Å². The SMILES string of the molecule is CC(C)Oc1ccc(C(CBr)C(=O)C(CBr)c2ccc(OC(C)C)cc2)cc1. The van der Waals surface area contributed by atoms with Gasteiger partial charge in [0.15, 0.2) is 0 Å². The number of carbonyl (C=O) groups is 1. The molecule has 0 saturated heterocycles. The summed E-state index contributed by atoms with van der Waals surface area (Å²) in [6, 6.07) is 15.6. The molecule has 2 aromatic rings. The van der Waals surface area contributed by atoms with Crippen molar-refractivity contribution in [3.8, 4) is 11.5 Å². The number of hydrogen-bond acceptors (Lipinski definition) is 3. The first kappa shape index (κ1) is 23.0. The summed E-state index contributed by atoms with van der Waals surface area (Å²) in [4.78, 5) is 13.3. The van der Waals surface area contributed by atoms with Gasteiger partial charge in [-0.1, -0.05) is 56.1 Å². The molecule has 0 aromatic heterocycles. The van der Waals surface area contributed by atoms with E-state index >= 15 is 0 Å². The fraction of sp³-hybridized carbons (Fsp3) is 0.435. The van der Waals surface area contributed by atoms with Crippen LogP contribution in [-0.4, -0.2) is 28.7 Å². The van der Waals surface area contributed by atoms with Crippen LogP contribution in [0.2, 0.25) is 0 Å². The van der Waals surface area contributed by atoms with Gasteiger partial charge >= 0.3 is 0 Å². The van der Waals surface area contributed by atoms with Crippen LogP contribution >= 0.6 is 31.9 Å². The third-order valence-electron chi connectivity index (χ3n) is 4.30. The first-order valence-corrected chi connectivity index (χ1v) is 11.8. The van der Waals surface area contributed by atoms with E-state index in [1.165, 1.54) is 0 Å². The zero-order chi connectivity index (χ0) is 20.7. The molecule has 0 aliphatic carbocycles. The van der Waals surface area contributed by atoms with E-state index in [1.807, 2.05) is 76.2 Å². The highest BCUT2D eigenvalue weighted by Crippen LogP contribution is 2.31. The van der Waals surface area contributed by atoms with Crippen molar-refractivity contribution in [2.75, 3.05) is 10.7 Å². The topological polar surface area (TPSA) is 35.5 Å². The third kappa shape index (κ3) is 6.35. The summed E-state index contributed by atoms with van der Waals surface area (Å²) in [6.45, 7) is 7.99. The summed E-state index contributed by atoms with van der Waals surface area (Å²) < 4.78 is 11.4. The van der Waals surface area contributed by atoms with Gasteiger partial charge in [-0.05, 0) is 63.1 Å². The molecule has 0 amide bonds. The van der Waals surface area contributed by atoms with Crippen LogP contribution in [0.5, 0.6) is 11.5 Å². The van der Waals surface area contributed by atoms with Crippen molar-refractivity contribution in [3.63, 3.8) is 0 Å². The number of benzene rings is 2. The highest BCUT2D eigenvalue weighted by atomic mass is 79.9. The maximum absolute atomic E-state index is 13.3. The number of hydrogen-bond donors (Lipinski definition) is 0. The Labute approximate surface area is 185 Å². The van der Waals surface area contributed by atoms with Crippen LogP contribution in [0.15, 0.2) is 48.5 Å². The van der Waals surface area contributed by atoms with Crippen molar-refractivity contribution in [3.05, 3.63) is 59.7 Å². The molecule has 152 valence electrons. The van der Waals surface area contributed by atoms with E-state index in [9.17, 15) is 4.79 Å². The minimum atomic E-state index is -0.220. The quantitative estimate of drug-likeness (QED) is 0.342. The first-order chi connectivity index (χ1) is 13.3. The van der Waals surface area contributed by atoms with Gasteiger partial charge in [-0.15, -0.1) is 0 Å². The van der Waals surface area contributed by atoms with Gasteiger partial charge in [0.25, 0.3) is 0 Å². The van der Waals surface area contributed by atoms with Gasteiger partial charge in [0, 0.05) is 10.7 Å². The van der Waals surface area contributed by atoms with Crippen molar-refractivity contribution in [1.29, 1.82) is 0 Å². The highest BCUT2D eigenvalue weighted by molar-refractivity contribution is 9.09. The van der Waals surface area contributed by atoms with Crippen molar-refractivity contribution in [2.24, 2.45) is 0 Å². The summed E-state index contributed by atoms with van der Waals surface area (Å²) in [7, 11) is 0. The minimum absolute atomic E-state index is 0.125. The largest absolute Gasteiger partial charge is 0.491 e. The molecule has 2 atom stereocenters. The predicted molar refractivity (Wildman–Crippen MR) is 122 cm³/mol. The van der Waals surface area contributed by atoms with Crippen LogP contribution in [0, 0.1) is 0 Å². The van der Waals surface area contributed by atoms with E-state index in [-0.39, 0.29) is 29.8 Å². The molecule has 5 heteroatoms. The second kappa shape index (κ2) is 11.0. The lowest BCUT2D eigenvalue weighted by molar-refractivity contribution is -0.121. The Hall–Kier alpha value is -1.33. The van der Waals surface area contributed by atoms with Crippen LogP contribution in [-0.2, 0) is 4.79 Å². The summed E-state index contributed by atoms with van der Waals surface area (Å²) >= 11 is 7.07. The average molecular weight is 512 g/mol. The van der Waals surface area contributed by atoms with Crippen LogP contribution in [0.1, 0.15) is 50.7 Å². The van der Waals surface area contributed by atoms with Gasteiger partial charge in [-0.2, -0.15) is 0 Å². The maximum Gasteiger partial charge on any atom is 0.149 e. The molecule has 0 spiro atoms. The zero-order valence-electron chi connectivity index (χ0n) is 16.8. The molecule has 2 rings (SSSR count). The lowest BCUT2D eigenvalue weighted by atomic mass is 9.86.